The molecule has 0 atom stereocenters. The van der Waals surface area contributed by atoms with Crippen LogP contribution in [0.2, 0.25) is 0 Å². The highest BCUT2D eigenvalue weighted by Gasteiger charge is 2.26. The van der Waals surface area contributed by atoms with E-state index in [9.17, 15) is 14.9 Å². The van der Waals surface area contributed by atoms with Crippen molar-refractivity contribution in [2.45, 2.75) is 12.8 Å². The summed E-state index contributed by atoms with van der Waals surface area (Å²) in [6.45, 7) is 2.16. The average Bonchev–Trinajstić information content (AvgIpc) is 2.55. The Morgan fingerprint density at radius 1 is 1.43 bits per heavy atom. The van der Waals surface area contributed by atoms with Gasteiger partial charge < -0.3 is 14.6 Å². The van der Waals surface area contributed by atoms with Crippen LogP contribution in [0.3, 0.4) is 0 Å². The molecule has 0 aliphatic carbocycles. The Bertz CT molecular complexity index is 781. The molecule has 8 heteroatoms. The van der Waals surface area contributed by atoms with Crippen LogP contribution in [0.5, 0.6) is 0 Å². The van der Waals surface area contributed by atoms with Crippen molar-refractivity contribution in [1.29, 1.82) is 0 Å². The molecule has 0 amide bonds. The second kappa shape index (κ2) is 6.33. The van der Waals surface area contributed by atoms with Gasteiger partial charge in [-0.3, -0.25) is 14.9 Å². The third kappa shape index (κ3) is 3.02. The van der Waals surface area contributed by atoms with Crippen LogP contribution in [-0.4, -0.2) is 41.7 Å². The first-order valence-corrected chi connectivity index (χ1v) is 7.50. The number of aromatic amines is 1. The zero-order valence-corrected chi connectivity index (χ0v) is 12.8. The number of nitrogens with one attached hydrogen (secondary N) is 1. The molecule has 1 fully saturated rings. The number of nitrogens with zero attached hydrogens (tertiary/aromatic N) is 3. The smallest absolute Gasteiger partial charge is 0.293 e. The maximum atomic E-state index is 11.8. The highest BCUT2D eigenvalue weighted by molar-refractivity contribution is 5.87. The fraction of sp³-hybridized carbons (Fsp3) is 0.467. The summed E-state index contributed by atoms with van der Waals surface area (Å²) in [5, 5.41) is 11.6. The minimum Gasteiger partial charge on any atom is -0.384 e. The van der Waals surface area contributed by atoms with Gasteiger partial charge in [-0.05, 0) is 24.8 Å². The van der Waals surface area contributed by atoms with Crippen LogP contribution < -0.4 is 10.5 Å². The molecule has 122 valence electrons. The number of aromatic nitrogens is 2. The van der Waals surface area contributed by atoms with E-state index in [-0.39, 0.29) is 16.6 Å². The van der Waals surface area contributed by atoms with Gasteiger partial charge in [-0.1, -0.05) is 0 Å². The van der Waals surface area contributed by atoms with E-state index >= 15 is 0 Å². The number of hydrogen-bond donors (Lipinski definition) is 1. The number of fused-ring (bicyclic) bond motifs is 1. The molecule has 0 unspecified atom stereocenters. The molecule has 1 saturated heterocycles. The first kappa shape index (κ1) is 15.4. The molecule has 1 aromatic heterocycles. The zero-order valence-electron chi connectivity index (χ0n) is 12.8. The van der Waals surface area contributed by atoms with Crippen molar-refractivity contribution < 1.29 is 9.66 Å². The lowest BCUT2D eigenvalue weighted by Crippen LogP contribution is -2.35. The first-order valence-electron chi connectivity index (χ1n) is 7.50. The number of hydrogen-bond acceptors (Lipinski definition) is 6. The molecule has 0 bridgehead atoms. The summed E-state index contributed by atoms with van der Waals surface area (Å²) in [5.74, 6) is 0.483. The minimum absolute atomic E-state index is 0.0545. The number of anilines is 1. The van der Waals surface area contributed by atoms with E-state index in [0.29, 0.717) is 23.7 Å². The normalized spacial score (nSPS) is 16.0. The van der Waals surface area contributed by atoms with Gasteiger partial charge in [-0.2, -0.15) is 0 Å². The molecule has 3 rings (SSSR count). The Balaban J connectivity index is 1.98. The maximum Gasteiger partial charge on any atom is 0.293 e. The first-order chi connectivity index (χ1) is 11.1. The zero-order chi connectivity index (χ0) is 16.4. The molecule has 0 radical (unpaired) electrons. The third-order valence-corrected chi connectivity index (χ3v) is 4.29. The highest BCUT2D eigenvalue weighted by atomic mass is 16.6. The van der Waals surface area contributed by atoms with Gasteiger partial charge in [0.2, 0.25) is 0 Å². The van der Waals surface area contributed by atoms with Crippen molar-refractivity contribution in [2.75, 3.05) is 31.7 Å². The lowest BCUT2D eigenvalue weighted by atomic mass is 9.97. The SMILES string of the molecule is COCC1CCN(c2cc3nc[nH]c(=O)c3cc2[N+](=O)[O-])CC1. The molecule has 0 spiro atoms. The van der Waals surface area contributed by atoms with E-state index < -0.39 is 4.92 Å². The van der Waals surface area contributed by atoms with E-state index in [4.69, 9.17) is 4.74 Å². The molecule has 1 aliphatic rings. The van der Waals surface area contributed by atoms with Gasteiger partial charge in [-0.25, -0.2) is 4.98 Å². The van der Waals surface area contributed by atoms with Crippen LogP contribution >= 0.6 is 0 Å². The Kier molecular flexibility index (Phi) is 4.24. The number of piperidine rings is 1. The molecular weight excluding hydrogens is 300 g/mol. The Labute approximate surface area is 132 Å². The molecule has 1 aliphatic heterocycles. The standard InChI is InChI=1S/C15H18N4O4/c1-23-8-10-2-4-18(5-3-10)13-7-12-11(6-14(13)19(21)22)15(20)17-9-16-12/h6-7,9-10H,2-5,8H2,1H3,(H,16,17,20). The van der Waals surface area contributed by atoms with E-state index in [0.717, 1.165) is 25.9 Å². The van der Waals surface area contributed by atoms with Gasteiger partial charge in [-0.15, -0.1) is 0 Å². The van der Waals surface area contributed by atoms with Gasteiger partial charge in [0.25, 0.3) is 11.2 Å². The van der Waals surface area contributed by atoms with Crippen LogP contribution in [-0.2, 0) is 4.74 Å². The summed E-state index contributed by atoms with van der Waals surface area (Å²) in [4.78, 5) is 31.3. The van der Waals surface area contributed by atoms with Crippen molar-refractivity contribution >= 4 is 22.3 Å². The predicted molar refractivity (Wildman–Crippen MR) is 85.8 cm³/mol. The third-order valence-electron chi connectivity index (χ3n) is 4.29. The van der Waals surface area contributed by atoms with Crippen molar-refractivity contribution in [1.82, 2.24) is 9.97 Å². The fourth-order valence-corrected chi connectivity index (χ4v) is 3.07. The number of benzene rings is 1. The van der Waals surface area contributed by atoms with E-state index in [1.54, 1.807) is 13.2 Å². The molecular formula is C15H18N4O4. The van der Waals surface area contributed by atoms with E-state index in [2.05, 4.69) is 9.97 Å². The summed E-state index contributed by atoms with van der Waals surface area (Å²) < 4.78 is 5.18. The second-order valence-corrected chi connectivity index (χ2v) is 5.73. The molecule has 1 N–H and O–H groups in total. The average molecular weight is 318 g/mol. The van der Waals surface area contributed by atoms with Crippen molar-refractivity contribution in [2.24, 2.45) is 5.92 Å². The van der Waals surface area contributed by atoms with Gasteiger partial charge in [0, 0.05) is 32.9 Å². The quantitative estimate of drug-likeness (QED) is 0.680. The number of ether oxygens (including phenoxy) is 1. The topological polar surface area (TPSA) is 101 Å². The number of nitro benzene ring substituents is 1. The molecule has 1 aromatic carbocycles. The van der Waals surface area contributed by atoms with Crippen LogP contribution in [0.25, 0.3) is 10.9 Å². The summed E-state index contributed by atoms with van der Waals surface area (Å²) >= 11 is 0. The molecule has 2 aromatic rings. The van der Waals surface area contributed by atoms with Crippen molar-refractivity contribution in [3.8, 4) is 0 Å². The van der Waals surface area contributed by atoms with Crippen LogP contribution in [0.4, 0.5) is 11.4 Å². The summed E-state index contributed by atoms with van der Waals surface area (Å²) in [5.41, 5.74) is 0.564. The van der Waals surface area contributed by atoms with Gasteiger partial charge in [0.15, 0.2) is 0 Å². The Hall–Kier alpha value is -2.48. The monoisotopic (exact) mass is 318 g/mol. The number of nitro groups is 1. The Morgan fingerprint density at radius 3 is 2.83 bits per heavy atom. The molecule has 2 heterocycles. The number of H-pyrrole nitrogens is 1. The van der Waals surface area contributed by atoms with E-state index in [1.807, 2.05) is 4.90 Å². The Morgan fingerprint density at radius 2 is 2.17 bits per heavy atom. The number of rotatable bonds is 4. The van der Waals surface area contributed by atoms with Crippen LogP contribution in [0, 0.1) is 16.0 Å². The second-order valence-electron chi connectivity index (χ2n) is 5.73. The van der Waals surface area contributed by atoms with Gasteiger partial charge >= 0.3 is 0 Å². The number of methoxy groups -OCH3 is 1. The lowest BCUT2D eigenvalue weighted by Gasteiger charge is -2.33. The maximum absolute atomic E-state index is 11.8. The summed E-state index contributed by atoms with van der Waals surface area (Å²) in [6, 6.07) is 2.96. The molecule has 8 nitrogen and oxygen atoms in total. The summed E-state index contributed by atoms with van der Waals surface area (Å²) in [6.07, 6.45) is 3.16. The van der Waals surface area contributed by atoms with Crippen LogP contribution in [0.1, 0.15) is 12.8 Å². The van der Waals surface area contributed by atoms with Crippen LogP contribution in [0.15, 0.2) is 23.3 Å². The summed E-state index contributed by atoms with van der Waals surface area (Å²) in [7, 11) is 1.68. The minimum atomic E-state index is -0.442. The van der Waals surface area contributed by atoms with Crippen molar-refractivity contribution in [3.63, 3.8) is 0 Å². The predicted octanol–water partition coefficient (Wildman–Crippen LogP) is 1.69. The largest absolute Gasteiger partial charge is 0.384 e. The van der Waals surface area contributed by atoms with Gasteiger partial charge in [0.1, 0.15) is 5.69 Å². The van der Waals surface area contributed by atoms with Crippen molar-refractivity contribution in [3.05, 3.63) is 38.9 Å². The molecule has 23 heavy (non-hydrogen) atoms. The van der Waals surface area contributed by atoms with E-state index in [1.165, 1.54) is 12.4 Å². The molecule has 0 saturated carbocycles. The highest BCUT2D eigenvalue weighted by Crippen LogP contribution is 2.33. The fourth-order valence-electron chi connectivity index (χ4n) is 3.07. The lowest BCUT2D eigenvalue weighted by molar-refractivity contribution is -0.384. The van der Waals surface area contributed by atoms with Gasteiger partial charge in [0.05, 0.1) is 22.2 Å².